The highest BCUT2D eigenvalue weighted by Crippen LogP contribution is 2.23. The second kappa shape index (κ2) is 9.90. The average Bonchev–Trinajstić information content (AvgIpc) is 3.38. The molecule has 0 unspecified atom stereocenters. The summed E-state index contributed by atoms with van der Waals surface area (Å²) in [4.78, 5) is 11.2. The van der Waals surface area contributed by atoms with E-state index < -0.39 is 0 Å². The van der Waals surface area contributed by atoms with E-state index in [9.17, 15) is 5.26 Å². The average molecular weight is 446 g/mol. The van der Waals surface area contributed by atoms with E-state index in [2.05, 4.69) is 49.0 Å². The van der Waals surface area contributed by atoms with Crippen molar-refractivity contribution in [3.05, 3.63) is 53.6 Å². The number of hydrogen-bond donors (Lipinski definition) is 3. The summed E-state index contributed by atoms with van der Waals surface area (Å²) >= 11 is 0. The minimum Gasteiger partial charge on any atom is -0.488 e. The zero-order valence-corrected chi connectivity index (χ0v) is 18.4. The van der Waals surface area contributed by atoms with E-state index in [0.717, 1.165) is 62.8 Å². The van der Waals surface area contributed by atoms with Crippen LogP contribution in [0.25, 0.3) is 0 Å². The van der Waals surface area contributed by atoms with Gasteiger partial charge < -0.3 is 30.3 Å². The largest absolute Gasteiger partial charge is 0.488 e. The molecule has 0 saturated carbocycles. The first-order valence-corrected chi connectivity index (χ1v) is 11.3. The number of nitrogens with one attached hydrogen (secondary N) is 3. The lowest BCUT2D eigenvalue weighted by Crippen LogP contribution is -2.39. The number of anilines is 2. The van der Waals surface area contributed by atoms with Crippen molar-refractivity contribution in [1.82, 2.24) is 10.6 Å². The van der Waals surface area contributed by atoms with Gasteiger partial charge in [0, 0.05) is 36.6 Å². The van der Waals surface area contributed by atoms with Crippen LogP contribution in [-0.2, 0) is 4.74 Å². The number of aliphatic imine (C=N–C) groups is 2. The van der Waals surface area contributed by atoms with Gasteiger partial charge in [-0.25, -0.2) is 9.98 Å². The van der Waals surface area contributed by atoms with E-state index in [1.807, 2.05) is 30.3 Å². The lowest BCUT2D eigenvalue weighted by atomic mass is 10.1. The van der Waals surface area contributed by atoms with E-state index in [4.69, 9.17) is 9.47 Å². The molecule has 2 saturated heterocycles. The number of morpholine rings is 1. The van der Waals surface area contributed by atoms with Crippen molar-refractivity contribution in [3.8, 4) is 11.8 Å². The van der Waals surface area contributed by atoms with E-state index in [0.29, 0.717) is 29.8 Å². The van der Waals surface area contributed by atoms with Crippen LogP contribution in [0.3, 0.4) is 0 Å². The van der Waals surface area contributed by atoms with Crippen molar-refractivity contribution in [1.29, 1.82) is 5.26 Å². The number of hydrogen-bond acceptors (Lipinski definition) is 9. The monoisotopic (exact) mass is 445 g/mol. The van der Waals surface area contributed by atoms with Crippen molar-refractivity contribution in [2.45, 2.75) is 12.5 Å². The summed E-state index contributed by atoms with van der Waals surface area (Å²) < 4.78 is 11.5. The lowest BCUT2D eigenvalue weighted by Gasteiger charge is -2.29. The van der Waals surface area contributed by atoms with E-state index in [1.165, 1.54) is 0 Å². The third-order valence-corrected chi connectivity index (χ3v) is 5.86. The van der Waals surface area contributed by atoms with Crippen LogP contribution in [-0.4, -0.2) is 64.0 Å². The maximum Gasteiger partial charge on any atom is 0.203 e. The molecule has 3 aliphatic rings. The molecule has 1 atom stereocenters. The van der Waals surface area contributed by atoms with Crippen LogP contribution in [0.5, 0.6) is 5.75 Å². The molecule has 2 aromatic rings. The Morgan fingerprint density at radius 1 is 1.15 bits per heavy atom. The standard InChI is InChI=1S/C24H27N7O2/c25-14-18-12-17(4-5-22(18)33-21-6-7-26-15-21)23-27-16-28-24(30-23)29-19-2-1-3-20(13-19)31-8-10-32-11-9-31/h1-5,12-13,21,26H,6-11,15-16H2,(H2,27,28,29,30)/t21-/m1/s1. The molecule has 0 radical (unpaired) electrons. The number of benzene rings is 2. The number of ether oxygens (including phenoxy) is 2. The molecular weight excluding hydrogens is 418 g/mol. The predicted molar refractivity (Wildman–Crippen MR) is 128 cm³/mol. The van der Waals surface area contributed by atoms with Gasteiger partial charge in [0.1, 0.15) is 30.4 Å². The summed E-state index contributed by atoms with van der Waals surface area (Å²) in [5.41, 5.74) is 3.41. The number of rotatable bonds is 5. The molecular formula is C24H27N7O2. The van der Waals surface area contributed by atoms with Gasteiger partial charge >= 0.3 is 0 Å². The molecule has 5 rings (SSSR count). The van der Waals surface area contributed by atoms with Crippen molar-refractivity contribution in [2.75, 3.05) is 56.3 Å². The van der Waals surface area contributed by atoms with Gasteiger partial charge in [-0.3, -0.25) is 0 Å². The minimum absolute atomic E-state index is 0.101. The molecule has 170 valence electrons. The quantitative estimate of drug-likeness (QED) is 0.646. The van der Waals surface area contributed by atoms with Crippen LogP contribution in [0.1, 0.15) is 17.5 Å². The molecule has 0 amide bonds. The molecule has 0 bridgehead atoms. The van der Waals surface area contributed by atoms with Crippen LogP contribution < -0.4 is 25.6 Å². The van der Waals surface area contributed by atoms with Crippen LogP contribution in [0, 0.1) is 11.3 Å². The summed E-state index contributed by atoms with van der Waals surface area (Å²) in [6.07, 6.45) is 1.04. The van der Waals surface area contributed by atoms with Gasteiger partial charge in [0.2, 0.25) is 5.96 Å². The number of amidine groups is 1. The minimum atomic E-state index is 0.101. The number of nitrogens with zero attached hydrogens (tertiary/aromatic N) is 4. The van der Waals surface area contributed by atoms with Gasteiger partial charge in [-0.05, 0) is 49.4 Å². The fourth-order valence-electron chi connectivity index (χ4n) is 4.12. The van der Waals surface area contributed by atoms with E-state index in [1.54, 1.807) is 0 Å². The Balaban J connectivity index is 1.26. The Kier molecular flexibility index (Phi) is 6.37. The van der Waals surface area contributed by atoms with Gasteiger partial charge in [-0.1, -0.05) is 6.07 Å². The van der Waals surface area contributed by atoms with Crippen LogP contribution in [0.15, 0.2) is 52.4 Å². The third-order valence-electron chi connectivity index (χ3n) is 5.86. The molecule has 3 N–H and O–H groups in total. The molecule has 9 heteroatoms. The van der Waals surface area contributed by atoms with Crippen LogP contribution >= 0.6 is 0 Å². The first-order chi connectivity index (χ1) is 16.3. The molecule has 0 aromatic heterocycles. The lowest BCUT2D eigenvalue weighted by molar-refractivity contribution is 0.122. The van der Waals surface area contributed by atoms with Gasteiger partial charge in [0.15, 0.2) is 0 Å². The summed E-state index contributed by atoms with van der Waals surface area (Å²) in [5, 5.41) is 19.5. The summed E-state index contributed by atoms with van der Waals surface area (Å²) in [6, 6.07) is 16.1. The van der Waals surface area contributed by atoms with Crippen molar-refractivity contribution >= 4 is 23.2 Å². The second-order valence-corrected chi connectivity index (χ2v) is 8.11. The first-order valence-electron chi connectivity index (χ1n) is 11.3. The molecule has 0 aliphatic carbocycles. The highest BCUT2D eigenvalue weighted by atomic mass is 16.5. The fraction of sp³-hybridized carbons (Fsp3) is 0.375. The van der Waals surface area contributed by atoms with Gasteiger partial charge in [-0.2, -0.15) is 5.26 Å². The Labute approximate surface area is 193 Å². The first kappa shape index (κ1) is 21.2. The topological polar surface area (TPSA) is 106 Å². The molecule has 2 aromatic carbocycles. The SMILES string of the molecule is N#Cc1cc(C2=NCN=C(Nc3cccc(N4CCOCC4)c3)N2)ccc1O[C@@H]1CCNC1. The Morgan fingerprint density at radius 2 is 2.06 bits per heavy atom. The number of nitriles is 1. The number of guanidine groups is 1. The highest BCUT2D eigenvalue weighted by molar-refractivity contribution is 6.13. The van der Waals surface area contributed by atoms with Crippen LogP contribution in [0.4, 0.5) is 11.4 Å². The Hall–Kier alpha value is -3.61. The Bertz CT molecular complexity index is 1100. The maximum atomic E-state index is 9.64. The second-order valence-electron chi connectivity index (χ2n) is 8.11. The Morgan fingerprint density at radius 3 is 2.88 bits per heavy atom. The fourth-order valence-corrected chi connectivity index (χ4v) is 4.12. The molecule has 2 fully saturated rings. The van der Waals surface area contributed by atoms with Crippen molar-refractivity contribution in [3.63, 3.8) is 0 Å². The zero-order valence-electron chi connectivity index (χ0n) is 18.4. The zero-order chi connectivity index (χ0) is 22.5. The molecule has 0 spiro atoms. The molecule has 9 nitrogen and oxygen atoms in total. The third kappa shape index (κ3) is 5.08. The van der Waals surface area contributed by atoms with Gasteiger partial charge in [0.25, 0.3) is 0 Å². The molecule has 3 heterocycles. The van der Waals surface area contributed by atoms with Gasteiger partial charge in [-0.15, -0.1) is 0 Å². The van der Waals surface area contributed by atoms with Crippen LogP contribution in [0.2, 0.25) is 0 Å². The summed E-state index contributed by atoms with van der Waals surface area (Å²) in [6.45, 7) is 5.32. The summed E-state index contributed by atoms with van der Waals surface area (Å²) in [7, 11) is 0. The maximum absolute atomic E-state index is 9.64. The predicted octanol–water partition coefficient (Wildman–Crippen LogP) is 1.91. The van der Waals surface area contributed by atoms with Crippen molar-refractivity contribution in [2.24, 2.45) is 9.98 Å². The molecule has 33 heavy (non-hydrogen) atoms. The van der Waals surface area contributed by atoms with Gasteiger partial charge in [0.05, 0.1) is 18.8 Å². The summed E-state index contributed by atoms with van der Waals surface area (Å²) in [5.74, 6) is 1.90. The van der Waals surface area contributed by atoms with Crippen molar-refractivity contribution < 1.29 is 9.47 Å². The highest BCUT2D eigenvalue weighted by Gasteiger charge is 2.19. The smallest absolute Gasteiger partial charge is 0.203 e. The van der Waals surface area contributed by atoms with E-state index in [-0.39, 0.29) is 6.10 Å². The normalized spacial score (nSPS) is 20.3. The van der Waals surface area contributed by atoms with E-state index >= 15 is 0 Å². The molecule has 3 aliphatic heterocycles.